The molecule has 2 bridgehead atoms. The average Bonchev–Trinajstić information content (AvgIpc) is 3.62. The summed E-state index contributed by atoms with van der Waals surface area (Å²) in [7, 11) is 0. The van der Waals surface area contributed by atoms with E-state index in [9.17, 15) is 14.4 Å². The van der Waals surface area contributed by atoms with Crippen molar-refractivity contribution in [1.29, 1.82) is 0 Å². The van der Waals surface area contributed by atoms with Crippen LogP contribution in [0.15, 0.2) is 42.5 Å². The lowest BCUT2D eigenvalue weighted by atomic mass is 9.74. The van der Waals surface area contributed by atoms with E-state index < -0.39 is 29.6 Å². The van der Waals surface area contributed by atoms with Crippen LogP contribution in [0.1, 0.15) is 57.8 Å². The van der Waals surface area contributed by atoms with Crippen molar-refractivity contribution in [2.45, 2.75) is 87.6 Å². The highest BCUT2D eigenvalue weighted by Crippen LogP contribution is 2.56. The van der Waals surface area contributed by atoms with Gasteiger partial charge in [0.2, 0.25) is 17.7 Å². The standard InChI is InChI=1S/C27H33N3O4/c31-24(28-17-9-3-1-4-10-17)21-20-15-16-27(34-20)22(21)26(33)30(19-13-7-8-14-19)23(27)25(32)29-18-11-5-2-6-12-18/h1,3-4,9-10,15-16,18-23H,2,5-8,11-14H2,(H,28,31)(H,29,32)/t20-,21-,22+,23+,27-/m1/s1. The molecule has 3 aliphatic heterocycles. The largest absolute Gasteiger partial charge is 0.359 e. The van der Waals surface area contributed by atoms with Crippen molar-refractivity contribution in [1.82, 2.24) is 10.2 Å². The molecule has 5 atom stereocenters. The number of fused-ring (bicyclic) bond motifs is 1. The Hall–Kier alpha value is -2.67. The summed E-state index contributed by atoms with van der Waals surface area (Å²) in [5, 5.41) is 6.23. The van der Waals surface area contributed by atoms with Crippen LogP contribution in [0.4, 0.5) is 5.69 Å². The number of hydrogen-bond donors (Lipinski definition) is 2. The van der Waals surface area contributed by atoms with Crippen molar-refractivity contribution < 1.29 is 19.1 Å². The van der Waals surface area contributed by atoms with E-state index in [1.807, 2.05) is 47.4 Å². The van der Waals surface area contributed by atoms with E-state index in [0.29, 0.717) is 5.69 Å². The molecule has 0 unspecified atom stereocenters. The molecule has 0 radical (unpaired) electrons. The molecule has 1 aromatic carbocycles. The first-order valence-electron chi connectivity index (χ1n) is 12.9. The first-order chi connectivity index (χ1) is 16.6. The normalized spacial score (nSPS) is 35.1. The van der Waals surface area contributed by atoms with E-state index in [0.717, 1.165) is 51.4 Å². The molecule has 7 nitrogen and oxygen atoms in total. The molecular formula is C27H33N3O4. The molecule has 4 fully saturated rings. The van der Waals surface area contributed by atoms with Gasteiger partial charge in [0.25, 0.3) is 0 Å². The van der Waals surface area contributed by atoms with Gasteiger partial charge in [0.05, 0.1) is 17.9 Å². The zero-order chi connectivity index (χ0) is 23.3. The fraction of sp³-hybridized carbons (Fsp3) is 0.593. The Balaban J connectivity index is 1.32. The van der Waals surface area contributed by atoms with Crippen LogP contribution in [0.3, 0.4) is 0 Å². The maximum Gasteiger partial charge on any atom is 0.246 e. The number of hydrogen-bond acceptors (Lipinski definition) is 4. The van der Waals surface area contributed by atoms with Gasteiger partial charge >= 0.3 is 0 Å². The van der Waals surface area contributed by atoms with E-state index in [1.165, 1.54) is 6.42 Å². The Morgan fingerprint density at radius 3 is 2.38 bits per heavy atom. The van der Waals surface area contributed by atoms with Gasteiger partial charge in [-0.1, -0.05) is 62.5 Å². The van der Waals surface area contributed by atoms with E-state index in [2.05, 4.69) is 10.6 Å². The molecule has 7 heteroatoms. The number of likely N-dealkylation sites (tertiary alicyclic amines) is 1. The van der Waals surface area contributed by atoms with E-state index in [1.54, 1.807) is 0 Å². The Morgan fingerprint density at radius 1 is 0.941 bits per heavy atom. The Morgan fingerprint density at radius 2 is 1.65 bits per heavy atom. The molecule has 1 spiro atoms. The lowest BCUT2D eigenvalue weighted by Crippen LogP contribution is -2.58. The van der Waals surface area contributed by atoms with Crippen LogP contribution in [0.25, 0.3) is 0 Å². The number of anilines is 1. The van der Waals surface area contributed by atoms with E-state index in [4.69, 9.17) is 4.74 Å². The molecule has 2 saturated carbocycles. The molecule has 6 rings (SSSR count). The predicted molar refractivity (Wildman–Crippen MR) is 127 cm³/mol. The van der Waals surface area contributed by atoms with Crippen LogP contribution in [0.5, 0.6) is 0 Å². The highest BCUT2D eigenvalue weighted by molar-refractivity contribution is 6.03. The second-order valence-corrected chi connectivity index (χ2v) is 10.6. The summed E-state index contributed by atoms with van der Waals surface area (Å²) in [4.78, 5) is 43.0. The number of rotatable bonds is 5. The highest BCUT2D eigenvalue weighted by atomic mass is 16.5. The first kappa shape index (κ1) is 21.8. The second kappa shape index (κ2) is 8.52. The van der Waals surface area contributed by atoms with Crippen LogP contribution in [0, 0.1) is 11.8 Å². The fourth-order valence-electron chi connectivity index (χ4n) is 7.06. The Labute approximate surface area is 200 Å². The van der Waals surface area contributed by atoms with Crippen molar-refractivity contribution in [3.8, 4) is 0 Å². The molecule has 2 saturated heterocycles. The third kappa shape index (κ3) is 3.39. The summed E-state index contributed by atoms with van der Waals surface area (Å²) in [6.07, 6.45) is 12.6. The minimum absolute atomic E-state index is 0.0310. The van der Waals surface area contributed by atoms with Crippen LogP contribution >= 0.6 is 0 Å². The summed E-state index contributed by atoms with van der Waals surface area (Å²) in [5.74, 6) is -1.76. The molecule has 2 aliphatic carbocycles. The lowest BCUT2D eigenvalue weighted by Gasteiger charge is -2.36. The molecule has 5 aliphatic rings. The fourth-order valence-corrected chi connectivity index (χ4v) is 7.06. The maximum atomic E-state index is 14.0. The van der Waals surface area contributed by atoms with Gasteiger partial charge in [0.1, 0.15) is 11.6 Å². The van der Waals surface area contributed by atoms with Gasteiger partial charge < -0.3 is 20.3 Å². The summed E-state index contributed by atoms with van der Waals surface area (Å²) in [5.41, 5.74) is -0.375. The summed E-state index contributed by atoms with van der Waals surface area (Å²) in [6.45, 7) is 0. The highest BCUT2D eigenvalue weighted by Gasteiger charge is 2.73. The SMILES string of the molecule is O=C(Nc1ccccc1)[C@H]1[C@H]2C(=O)N(C3CCCC3)[C@@H](C(=O)NC3CCCCC3)[C@@]23C=C[C@H]1O3. The number of amides is 3. The number of para-hydroxylation sites is 1. The van der Waals surface area contributed by atoms with Gasteiger partial charge in [0, 0.05) is 17.8 Å². The molecule has 34 heavy (non-hydrogen) atoms. The molecule has 1 aromatic rings. The third-order valence-electron chi connectivity index (χ3n) is 8.57. The Kier molecular flexibility index (Phi) is 5.47. The molecular weight excluding hydrogens is 430 g/mol. The van der Waals surface area contributed by atoms with Crippen molar-refractivity contribution in [2.75, 3.05) is 5.32 Å². The van der Waals surface area contributed by atoms with Crippen molar-refractivity contribution in [3.05, 3.63) is 42.5 Å². The quantitative estimate of drug-likeness (QED) is 0.657. The number of carbonyl (C=O) groups excluding carboxylic acids is 3. The van der Waals surface area contributed by atoms with Gasteiger partial charge in [-0.05, 0) is 37.8 Å². The third-order valence-corrected chi connectivity index (χ3v) is 8.57. The molecule has 3 heterocycles. The average molecular weight is 464 g/mol. The van der Waals surface area contributed by atoms with E-state index in [-0.39, 0.29) is 29.8 Å². The lowest BCUT2D eigenvalue weighted by molar-refractivity contribution is -0.144. The minimum atomic E-state index is -1.07. The minimum Gasteiger partial charge on any atom is -0.359 e. The first-order valence-corrected chi connectivity index (χ1v) is 12.9. The number of ether oxygens (including phenoxy) is 1. The van der Waals surface area contributed by atoms with Gasteiger partial charge in [-0.2, -0.15) is 0 Å². The zero-order valence-corrected chi connectivity index (χ0v) is 19.4. The number of nitrogens with zero attached hydrogens (tertiary/aromatic N) is 1. The monoisotopic (exact) mass is 463 g/mol. The van der Waals surface area contributed by atoms with Crippen LogP contribution in [-0.2, 0) is 19.1 Å². The second-order valence-electron chi connectivity index (χ2n) is 10.6. The zero-order valence-electron chi connectivity index (χ0n) is 19.4. The maximum absolute atomic E-state index is 14.0. The molecule has 2 N–H and O–H groups in total. The number of benzene rings is 1. The van der Waals surface area contributed by atoms with Gasteiger partial charge in [-0.3, -0.25) is 14.4 Å². The van der Waals surface area contributed by atoms with Crippen molar-refractivity contribution >= 4 is 23.4 Å². The smallest absolute Gasteiger partial charge is 0.246 e. The molecule has 0 aromatic heterocycles. The van der Waals surface area contributed by atoms with Gasteiger partial charge in [-0.25, -0.2) is 0 Å². The number of carbonyl (C=O) groups is 3. The Bertz CT molecular complexity index is 998. The molecule has 3 amide bonds. The molecule has 180 valence electrons. The van der Waals surface area contributed by atoms with E-state index >= 15 is 0 Å². The summed E-state index contributed by atoms with van der Waals surface area (Å²) < 4.78 is 6.44. The van der Waals surface area contributed by atoms with Crippen LogP contribution in [0.2, 0.25) is 0 Å². The summed E-state index contributed by atoms with van der Waals surface area (Å²) >= 11 is 0. The van der Waals surface area contributed by atoms with Crippen LogP contribution in [-0.4, -0.2) is 52.5 Å². The van der Waals surface area contributed by atoms with Crippen LogP contribution < -0.4 is 10.6 Å². The topological polar surface area (TPSA) is 87.7 Å². The van der Waals surface area contributed by atoms with Crippen molar-refractivity contribution in [3.63, 3.8) is 0 Å². The van der Waals surface area contributed by atoms with Gasteiger partial charge in [-0.15, -0.1) is 0 Å². The van der Waals surface area contributed by atoms with Gasteiger partial charge in [0.15, 0.2) is 0 Å². The van der Waals surface area contributed by atoms with Crippen molar-refractivity contribution in [2.24, 2.45) is 11.8 Å². The number of nitrogens with one attached hydrogen (secondary N) is 2. The summed E-state index contributed by atoms with van der Waals surface area (Å²) in [6, 6.07) is 8.75. The predicted octanol–water partition coefficient (Wildman–Crippen LogP) is 3.17.